The lowest BCUT2D eigenvalue weighted by Crippen LogP contribution is -2.56. The van der Waals surface area contributed by atoms with Gasteiger partial charge in [-0.2, -0.15) is 22.5 Å². The smallest absolute Gasteiger partial charge is 0.389 e. The molecule has 1 aromatic heterocycles. The molecule has 1 aromatic rings. The van der Waals surface area contributed by atoms with Gasteiger partial charge in [-0.1, -0.05) is 0 Å². The van der Waals surface area contributed by atoms with Crippen LogP contribution in [0.15, 0.2) is 4.79 Å². The molecule has 0 amide bonds. The van der Waals surface area contributed by atoms with Gasteiger partial charge in [0.1, 0.15) is 6.04 Å². The van der Waals surface area contributed by atoms with Gasteiger partial charge in [-0.25, -0.2) is 0 Å². The Labute approximate surface area is 159 Å². The number of aromatic nitrogens is 2. The molecule has 2 aliphatic heterocycles. The lowest BCUT2D eigenvalue weighted by molar-refractivity contribution is -0.154. The summed E-state index contributed by atoms with van der Waals surface area (Å²) in [7, 11) is 0. The fourth-order valence-electron chi connectivity index (χ4n) is 3.65. The minimum Gasteiger partial charge on any atom is -0.389 e. The quantitative estimate of drug-likeness (QED) is 0.765. The summed E-state index contributed by atoms with van der Waals surface area (Å²) < 4.78 is 61.8. The number of morpholine rings is 1. The Balaban J connectivity index is 2.14. The van der Waals surface area contributed by atoms with Crippen molar-refractivity contribution in [3.05, 3.63) is 16.2 Å². The molecule has 0 aromatic carbocycles. The van der Waals surface area contributed by atoms with E-state index in [2.05, 4.69) is 4.98 Å². The van der Waals surface area contributed by atoms with Crippen molar-refractivity contribution in [3.63, 3.8) is 0 Å². The summed E-state index contributed by atoms with van der Waals surface area (Å²) in [5, 5.41) is 10.1. The Morgan fingerprint density at radius 2 is 1.96 bits per heavy atom. The largest absolute Gasteiger partial charge is 0.408 e. The molecule has 3 rings (SSSR count). The van der Waals surface area contributed by atoms with Crippen LogP contribution in [0.5, 0.6) is 0 Å². The fourth-order valence-corrected chi connectivity index (χ4v) is 3.65. The van der Waals surface area contributed by atoms with Gasteiger partial charge in [0, 0.05) is 19.6 Å². The summed E-state index contributed by atoms with van der Waals surface area (Å²) in [5.41, 5.74) is -2.50. The molecular formula is C17H24F4N4O3. The number of alkyl halides is 3. The second kappa shape index (κ2) is 7.18. The van der Waals surface area contributed by atoms with Crippen molar-refractivity contribution in [2.45, 2.75) is 57.6 Å². The summed E-state index contributed by atoms with van der Waals surface area (Å²) in [6.45, 7) is 4.63. The van der Waals surface area contributed by atoms with Crippen molar-refractivity contribution in [2.75, 3.05) is 36.1 Å². The van der Waals surface area contributed by atoms with Gasteiger partial charge in [0.25, 0.3) is 5.56 Å². The maximum atomic E-state index is 14.8. The summed E-state index contributed by atoms with van der Waals surface area (Å²) in [6.07, 6.45) is -5.02. The molecule has 28 heavy (non-hydrogen) atoms. The second-order valence-corrected chi connectivity index (χ2v) is 7.91. The molecule has 158 valence electrons. The Hall–Kier alpha value is -1.88. The highest BCUT2D eigenvalue weighted by Gasteiger charge is 2.48. The van der Waals surface area contributed by atoms with Gasteiger partial charge in [-0.05, 0) is 27.2 Å². The first-order valence-electron chi connectivity index (χ1n) is 9.10. The number of fused-ring (bicyclic) bond motifs is 1. The van der Waals surface area contributed by atoms with Gasteiger partial charge in [0.15, 0.2) is 5.82 Å². The number of halogens is 4. The number of aliphatic hydroxyl groups is 1. The molecule has 2 unspecified atom stereocenters. The number of anilines is 2. The minimum absolute atomic E-state index is 0.266. The minimum atomic E-state index is -4.59. The molecule has 0 bridgehead atoms. The maximum Gasteiger partial charge on any atom is 0.408 e. The standard InChI is InChI=1S/C17H24F4N4O3/c1-10-8-28-7-6-23(10)13-12(18)14(26)24-5-4-11(17(19,20)21)25(15(24)22-13)9-16(2,3)27/h10-11,27H,4-9H2,1-3H3. The van der Waals surface area contributed by atoms with Crippen LogP contribution in [0, 0.1) is 5.82 Å². The van der Waals surface area contributed by atoms with Gasteiger partial charge < -0.3 is 19.6 Å². The van der Waals surface area contributed by atoms with Gasteiger partial charge in [0.05, 0.1) is 24.9 Å². The molecule has 0 spiro atoms. The first-order valence-corrected chi connectivity index (χ1v) is 9.10. The Kier molecular flexibility index (Phi) is 5.34. The number of rotatable bonds is 3. The maximum absolute atomic E-state index is 14.8. The normalized spacial score (nSPS) is 23.7. The SMILES string of the molecule is CC1COCCN1c1nc2n(c(=O)c1F)CCC(C(F)(F)F)N2CC(C)(C)O. The van der Waals surface area contributed by atoms with Crippen LogP contribution in [0.3, 0.4) is 0 Å². The second-order valence-electron chi connectivity index (χ2n) is 7.91. The molecule has 2 aliphatic rings. The molecule has 0 saturated carbocycles. The Bertz CT molecular complexity index is 790. The zero-order valence-corrected chi connectivity index (χ0v) is 16.0. The van der Waals surface area contributed by atoms with Crippen molar-refractivity contribution in [3.8, 4) is 0 Å². The molecular weight excluding hydrogens is 384 g/mol. The van der Waals surface area contributed by atoms with E-state index in [-0.39, 0.29) is 37.5 Å². The number of β-amino-alcohol motifs (C(OH)–C–C–N with tert-alkyl or cyclic N) is 1. The van der Waals surface area contributed by atoms with E-state index in [0.717, 1.165) is 9.47 Å². The lowest BCUT2D eigenvalue weighted by atomic mass is 10.0. The third kappa shape index (κ3) is 3.95. The van der Waals surface area contributed by atoms with E-state index >= 15 is 0 Å². The van der Waals surface area contributed by atoms with Gasteiger partial charge in [-0.3, -0.25) is 9.36 Å². The average Bonchev–Trinajstić information content (AvgIpc) is 2.57. The molecule has 1 fully saturated rings. The molecule has 11 heteroatoms. The Morgan fingerprint density at radius 1 is 1.29 bits per heavy atom. The first-order chi connectivity index (χ1) is 12.9. The highest BCUT2D eigenvalue weighted by atomic mass is 19.4. The predicted molar refractivity (Wildman–Crippen MR) is 94.2 cm³/mol. The molecule has 7 nitrogen and oxygen atoms in total. The average molecular weight is 408 g/mol. The first kappa shape index (κ1) is 20.8. The third-order valence-electron chi connectivity index (χ3n) is 4.91. The Morgan fingerprint density at radius 3 is 2.54 bits per heavy atom. The van der Waals surface area contributed by atoms with Crippen LogP contribution < -0.4 is 15.4 Å². The van der Waals surface area contributed by atoms with E-state index in [0.29, 0.717) is 6.61 Å². The van der Waals surface area contributed by atoms with E-state index in [1.807, 2.05) is 0 Å². The van der Waals surface area contributed by atoms with E-state index < -0.39 is 42.2 Å². The van der Waals surface area contributed by atoms with Crippen LogP contribution in [0.1, 0.15) is 27.2 Å². The van der Waals surface area contributed by atoms with E-state index in [9.17, 15) is 27.5 Å². The van der Waals surface area contributed by atoms with Crippen LogP contribution in [-0.2, 0) is 11.3 Å². The summed E-state index contributed by atoms with van der Waals surface area (Å²) in [5.74, 6) is -1.66. The van der Waals surface area contributed by atoms with Crippen molar-refractivity contribution in [1.82, 2.24) is 9.55 Å². The molecule has 1 saturated heterocycles. The number of hydrogen-bond donors (Lipinski definition) is 1. The zero-order valence-electron chi connectivity index (χ0n) is 16.0. The highest BCUT2D eigenvalue weighted by molar-refractivity contribution is 5.49. The van der Waals surface area contributed by atoms with Crippen LogP contribution in [0.25, 0.3) is 0 Å². The van der Waals surface area contributed by atoms with E-state index in [1.165, 1.54) is 18.7 Å². The topological polar surface area (TPSA) is 70.8 Å². The summed E-state index contributed by atoms with van der Waals surface area (Å²) in [6, 6.07) is -2.21. The van der Waals surface area contributed by atoms with Gasteiger partial charge in [-0.15, -0.1) is 0 Å². The van der Waals surface area contributed by atoms with Crippen molar-refractivity contribution in [1.29, 1.82) is 0 Å². The van der Waals surface area contributed by atoms with Crippen molar-refractivity contribution in [2.24, 2.45) is 0 Å². The van der Waals surface area contributed by atoms with Crippen LogP contribution in [-0.4, -0.2) is 64.8 Å². The van der Waals surface area contributed by atoms with Gasteiger partial charge >= 0.3 is 6.18 Å². The number of hydrogen-bond acceptors (Lipinski definition) is 6. The van der Waals surface area contributed by atoms with Crippen LogP contribution in [0.2, 0.25) is 0 Å². The lowest BCUT2D eigenvalue weighted by Gasteiger charge is -2.42. The molecule has 0 radical (unpaired) electrons. The fraction of sp³-hybridized carbons (Fsp3) is 0.765. The van der Waals surface area contributed by atoms with E-state index in [4.69, 9.17) is 4.74 Å². The number of nitrogens with zero attached hydrogens (tertiary/aromatic N) is 4. The van der Waals surface area contributed by atoms with Crippen LogP contribution >= 0.6 is 0 Å². The van der Waals surface area contributed by atoms with E-state index in [1.54, 1.807) is 6.92 Å². The summed E-state index contributed by atoms with van der Waals surface area (Å²) in [4.78, 5) is 19.1. The number of ether oxygens (including phenoxy) is 1. The van der Waals surface area contributed by atoms with Gasteiger partial charge in [0.2, 0.25) is 11.8 Å². The van der Waals surface area contributed by atoms with Crippen LogP contribution in [0.4, 0.5) is 29.3 Å². The van der Waals surface area contributed by atoms with Crippen molar-refractivity contribution < 1.29 is 27.4 Å². The predicted octanol–water partition coefficient (Wildman–Crippen LogP) is 1.52. The zero-order chi connectivity index (χ0) is 20.9. The monoisotopic (exact) mass is 408 g/mol. The third-order valence-corrected chi connectivity index (χ3v) is 4.91. The van der Waals surface area contributed by atoms with Crippen molar-refractivity contribution >= 4 is 11.8 Å². The summed E-state index contributed by atoms with van der Waals surface area (Å²) >= 11 is 0. The molecule has 1 N–H and O–H groups in total. The molecule has 3 heterocycles. The molecule has 0 aliphatic carbocycles. The molecule has 2 atom stereocenters. The highest BCUT2D eigenvalue weighted by Crippen LogP contribution is 2.35.